The maximum atomic E-state index is 11.4. The van der Waals surface area contributed by atoms with Crippen molar-refractivity contribution in [1.29, 1.82) is 0 Å². The predicted molar refractivity (Wildman–Crippen MR) is 69.9 cm³/mol. The average molecular weight is 333 g/mol. The van der Waals surface area contributed by atoms with Crippen LogP contribution in [0.1, 0.15) is 0 Å². The summed E-state index contributed by atoms with van der Waals surface area (Å²) >= 11 is 2.15. The van der Waals surface area contributed by atoms with E-state index in [4.69, 9.17) is 5.73 Å². The zero-order valence-electron chi connectivity index (χ0n) is 8.50. The molecule has 4 N–H and O–H groups in total. The summed E-state index contributed by atoms with van der Waals surface area (Å²) in [4.78, 5) is 22.2. The molecule has 1 aromatic carbocycles. The molecular formula is C10H12IN3O2. The second-order valence-corrected chi connectivity index (χ2v) is 4.29. The molecule has 0 aliphatic carbocycles. The summed E-state index contributed by atoms with van der Waals surface area (Å²) in [6.07, 6.45) is 0. The zero-order valence-corrected chi connectivity index (χ0v) is 10.7. The van der Waals surface area contributed by atoms with Gasteiger partial charge in [0.15, 0.2) is 0 Å². The molecule has 1 rings (SSSR count). The lowest BCUT2D eigenvalue weighted by Crippen LogP contribution is -2.36. The molecule has 1 aromatic rings. The molecule has 0 bridgehead atoms. The Hall–Kier alpha value is -1.15. The summed E-state index contributed by atoms with van der Waals surface area (Å²) in [5.74, 6) is -0.624. The highest BCUT2D eigenvalue weighted by atomic mass is 127. The van der Waals surface area contributed by atoms with E-state index in [9.17, 15) is 9.59 Å². The van der Waals surface area contributed by atoms with Gasteiger partial charge in [-0.05, 0) is 40.8 Å². The Balaban J connectivity index is 2.43. The molecule has 6 heteroatoms. The van der Waals surface area contributed by atoms with Gasteiger partial charge in [0.05, 0.1) is 13.1 Å². The maximum Gasteiger partial charge on any atom is 0.243 e. The maximum absolute atomic E-state index is 11.4. The van der Waals surface area contributed by atoms with Crippen LogP contribution in [0.25, 0.3) is 0 Å². The predicted octanol–water partition coefficient (Wildman–Crippen LogP) is 0.305. The third kappa shape index (κ3) is 4.58. The summed E-state index contributed by atoms with van der Waals surface area (Å²) in [5, 5.41) is 5.05. The van der Waals surface area contributed by atoms with E-state index in [-0.39, 0.29) is 24.9 Å². The first-order valence-corrected chi connectivity index (χ1v) is 5.72. The first-order valence-electron chi connectivity index (χ1n) is 4.64. The molecule has 0 aliphatic rings. The Kier molecular flexibility index (Phi) is 5.20. The summed E-state index contributed by atoms with van der Waals surface area (Å²) in [5.41, 5.74) is 5.79. The zero-order chi connectivity index (χ0) is 12.0. The van der Waals surface area contributed by atoms with E-state index >= 15 is 0 Å². The van der Waals surface area contributed by atoms with Crippen molar-refractivity contribution in [2.24, 2.45) is 5.73 Å². The molecule has 0 saturated carbocycles. The number of carbonyl (C=O) groups excluding carboxylic acids is 2. The van der Waals surface area contributed by atoms with Gasteiger partial charge < -0.3 is 16.4 Å². The number of halogens is 1. The van der Waals surface area contributed by atoms with E-state index in [1.54, 1.807) is 6.07 Å². The van der Waals surface area contributed by atoms with Gasteiger partial charge in [0.25, 0.3) is 0 Å². The molecule has 0 radical (unpaired) electrons. The third-order valence-electron chi connectivity index (χ3n) is 1.74. The minimum Gasteiger partial charge on any atom is -0.346 e. The van der Waals surface area contributed by atoms with Gasteiger partial charge in [-0.1, -0.05) is 6.07 Å². The summed E-state index contributed by atoms with van der Waals surface area (Å²) < 4.78 is 1.03. The topological polar surface area (TPSA) is 84.2 Å². The molecule has 0 aliphatic heterocycles. The minimum absolute atomic E-state index is 0.0679. The van der Waals surface area contributed by atoms with E-state index in [1.807, 2.05) is 18.2 Å². The van der Waals surface area contributed by atoms with Crippen LogP contribution in [-0.4, -0.2) is 24.9 Å². The Morgan fingerprint density at radius 3 is 2.69 bits per heavy atom. The van der Waals surface area contributed by atoms with Crippen LogP contribution >= 0.6 is 22.6 Å². The highest BCUT2D eigenvalue weighted by molar-refractivity contribution is 14.1. The van der Waals surface area contributed by atoms with Crippen LogP contribution in [0.4, 0.5) is 5.69 Å². The van der Waals surface area contributed by atoms with Gasteiger partial charge in [-0.3, -0.25) is 9.59 Å². The van der Waals surface area contributed by atoms with Crippen LogP contribution in [0.2, 0.25) is 0 Å². The fourth-order valence-corrected chi connectivity index (χ4v) is 1.57. The Morgan fingerprint density at radius 1 is 1.31 bits per heavy atom. The van der Waals surface area contributed by atoms with Crippen molar-refractivity contribution in [1.82, 2.24) is 5.32 Å². The average Bonchev–Trinajstić information content (AvgIpc) is 2.26. The monoisotopic (exact) mass is 333 g/mol. The van der Waals surface area contributed by atoms with Gasteiger partial charge in [-0.25, -0.2) is 0 Å². The molecule has 5 nitrogen and oxygen atoms in total. The van der Waals surface area contributed by atoms with Crippen molar-refractivity contribution in [3.05, 3.63) is 27.8 Å². The molecule has 0 atom stereocenters. The number of benzene rings is 1. The van der Waals surface area contributed by atoms with E-state index in [0.29, 0.717) is 5.69 Å². The van der Waals surface area contributed by atoms with Crippen LogP contribution in [0.15, 0.2) is 24.3 Å². The van der Waals surface area contributed by atoms with Crippen molar-refractivity contribution in [2.75, 3.05) is 18.4 Å². The second kappa shape index (κ2) is 6.44. The van der Waals surface area contributed by atoms with Gasteiger partial charge >= 0.3 is 0 Å². The van der Waals surface area contributed by atoms with E-state index < -0.39 is 0 Å². The minimum atomic E-state index is -0.349. The quantitative estimate of drug-likeness (QED) is 0.693. The number of anilines is 1. The number of amides is 2. The van der Waals surface area contributed by atoms with Crippen molar-refractivity contribution >= 4 is 40.1 Å². The number of carbonyl (C=O) groups is 2. The molecule has 0 saturated heterocycles. The van der Waals surface area contributed by atoms with Gasteiger partial charge in [0, 0.05) is 9.26 Å². The molecule has 0 spiro atoms. The van der Waals surface area contributed by atoms with Crippen molar-refractivity contribution < 1.29 is 9.59 Å². The first kappa shape index (κ1) is 12.9. The van der Waals surface area contributed by atoms with Gasteiger partial charge in [0.1, 0.15) is 0 Å². The van der Waals surface area contributed by atoms with E-state index in [1.165, 1.54) is 0 Å². The van der Waals surface area contributed by atoms with E-state index in [0.717, 1.165) is 3.57 Å². The Bertz CT molecular complexity index is 395. The highest BCUT2D eigenvalue weighted by Crippen LogP contribution is 2.11. The number of nitrogens with two attached hydrogens (primary N) is 1. The van der Waals surface area contributed by atoms with Gasteiger partial charge in [0.2, 0.25) is 11.8 Å². The van der Waals surface area contributed by atoms with Gasteiger partial charge in [-0.2, -0.15) is 0 Å². The number of rotatable bonds is 4. The third-order valence-corrected chi connectivity index (χ3v) is 2.41. The lowest BCUT2D eigenvalue weighted by atomic mass is 10.3. The molecule has 0 aromatic heterocycles. The highest BCUT2D eigenvalue weighted by Gasteiger charge is 2.04. The molecule has 0 heterocycles. The molecular weight excluding hydrogens is 321 g/mol. The van der Waals surface area contributed by atoms with Crippen molar-refractivity contribution in [3.8, 4) is 0 Å². The van der Waals surface area contributed by atoms with Crippen LogP contribution in [0.5, 0.6) is 0 Å². The smallest absolute Gasteiger partial charge is 0.243 e. The summed E-state index contributed by atoms with van der Waals surface area (Å²) in [6.45, 7) is -0.183. The standard InChI is InChI=1S/C10H12IN3O2/c11-7-2-1-3-8(4-7)14-10(16)6-13-9(15)5-12/h1-4H,5-6,12H2,(H,13,15)(H,14,16). The molecule has 0 unspecified atom stereocenters. The van der Waals surface area contributed by atoms with Gasteiger partial charge in [-0.15, -0.1) is 0 Å². The molecule has 0 fully saturated rings. The summed E-state index contributed by atoms with van der Waals surface area (Å²) in [7, 11) is 0. The Labute approximate surface area is 107 Å². The van der Waals surface area contributed by atoms with E-state index in [2.05, 4.69) is 33.2 Å². The van der Waals surface area contributed by atoms with Crippen LogP contribution in [-0.2, 0) is 9.59 Å². The fraction of sp³-hybridized carbons (Fsp3) is 0.200. The number of nitrogens with one attached hydrogen (secondary N) is 2. The molecule has 86 valence electrons. The van der Waals surface area contributed by atoms with Crippen molar-refractivity contribution in [3.63, 3.8) is 0 Å². The lowest BCUT2D eigenvalue weighted by molar-refractivity contribution is -0.123. The SMILES string of the molecule is NCC(=O)NCC(=O)Nc1cccc(I)c1. The molecule has 2 amide bonds. The van der Waals surface area contributed by atoms with Crippen molar-refractivity contribution in [2.45, 2.75) is 0 Å². The normalized spacial score (nSPS) is 9.62. The number of hydrogen-bond acceptors (Lipinski definition) is 3. The molecule has 16 heavy (non-hydrogen) atoms. The fourth-order valence-electron chi connectivity index (χ4n) is 1.02. The first-order chi connectivity index (χ1) is 7.61. The van der Waals surface area contributed by atoms with Crippen LogP contribution in [0.3, 0.4) is 0 Å². The number of hydrogen-bond donors (Lipinski definition) is 3. The second-order valence-electron chi connectivity index (χ2n) is 3.04. The largest absolute Gasteiger partial charge is 0.346 e. The summed E-state index contributed by atoms with van der Waals surface area (Å²) in [6, 6.07) is 7.39. The lowest BCUT2D eigenvalue weighted by Gasteiger charge is -2.06. The Morgan fingerprint density at radius 2 is 2.06 bits per heavy atom. The van der Waals surface area contributed by atoms with Crippen LogP contribution < -0.4 is 16.4 Å². The van der Waals surface area contributed by atoms with Crippen LogP contribution in [0, 0.1) is 3.57 Å².